The monoisotopic (exact) mass is 273 g/mol. The number of hydrogen-bond donors (Lipinski definition) is 2. The Kier molecular flexibility index (Phi) is 2.84. The fourth-order valence-electron chi connectivity index (χ4n) is 2.00. The SMILES string of the molecule is N#C[C@@H](NC(=O)c1ccc2[nH]c(=S)oc2c1)C1CC1. The van der Waals surface area contributed by atoms with Crippen LogP contribution in [0.5, 0.6) is 0 Å². The van der Waals surface area contributed by atoms with Crippen molar-refractivity contribution in [1.82, 2.24) is 10.3 Å². The van der Waals surface area contributed by atoms with Gasteiger partial charge in [0.2, 0.25) is 0 Å². The maximum atomic E-state index is 12.1. The first-order chi connectivity index (χ1) is 9.17. The van der Waals surface area contributed by atoms with E-state index in [9.17, 15) is 4.79 Å². The Morgan fingerprint density at radius 3 is 3.05 bits per heavy atom. The molecule has 2 N–H and O–H groups in total. The minimum absolute atomic E-state index is 0.261. The predicted molar refractivity (Wildman–Crippen MR) is 71.0 cm³/mol. The number of nitrogens with one attached hydrogen (secondary N) is 2. The van der Waals surface area contributed by atoms with E-state index < -0.39 is 6.04 Å². The number of hydrogen-bond acceptors (Lipinski definition) is 4. The molecule has 1 aromatic heterocycles. The first-order valence-corrected chi connectivity index (χ1v) is 6.41. The van der Waals surface area contributed by atoms with Crippen molar-refractivity contribution < 1.29 is 9.21 Å². The van der Waals surface area contributed by atoms with Crippen LogP contribution in [0.2, 0.25) is 0 Å². The summed E-state index contributed by atoms with van der Waals surface area (Å²) in [7, 11) is 0. The summed E-state index contributed by atoms with van der Waals surface area (Å²) in [6.45, 7) is 0. The third-order valence-electron chi connectivity index (χ3n) is 3.20. The molecule has 2 aromatic rings. The summed E-state index contributed by atoms with van der Waals surface area (Å²) >= 11 is 4.89. The molecule has 1 aliphatic carbocycles. The lowest BCUT2D eigenvalue weighted by Gasteiger charge is -2.10. The Morgan fingerprint density at radius 1 is 1.58 bits per heavy atom. The van der Waals surface area contributed by atoms with Gasteiger partial charge >= 0.3 is 0 Å². The highest BCUT2D eigenvalue weighted by Gasteiger charge is 2.32. The number of amides is 1. The Bertz CT molecular complexity index is 736. The molecule has 0 spiro atoms. The van der Waals surface area contributed by atoms with Crippen LogP contribution in [-0.2, 0) is 0 Å². The Morgan fingerprint density at radius 2 is 2.37 bits per heavy atom. The second-order valence-corrected chi connectivity index (χ2v) is 5.01. The summed E-state index contributed by atoms with van der Waals surface area (Å²) in [5.74, 6) is 0.0385. The number of nitriles is 1. The van der Waals surface area contributed by atoms with Gasteiger partial charge in [-0.1, -0.05) is 0 Å². The van der Waals surface area contributed by atoms with E-state index in [1.54, 1.807) is 18.2 Å². The van der Waals surface area contributed by atoms with Crippen molar-refractivity contribution in [2.24, 2.45) is 5.92 Å². The van der Waals surface area contributed by atoms with Gasteiger partial charge in [0.05, 0.1) is 11.6 Å². The van der Waals surface area contributed by atoms with Crippen LogP contribution < -0.4 is 5.32 Å². The highest BCUT2D eigenvalue weighted by Crippen LogP contribution is 2.32. The van der Waals surface area contributed by atoms with Crippen LogP contribution in [0.15, 0.2) is 22.6 Å². The van der Waals surface area contributed by atoms with Crippen molar-refractivity contribution in [3.8, 4) is 6.07 Å². The van der Waals surface area contributed by atoms with Gasteiger partial charge in [0.15, 0.2) is 5.58 Å². The van der Waals surface area contributed by atoms with Crippen LogP contribution in [0.1, 0.15) is 23.2 Å². The van der Waals surface area contributed by atoms with E-state index in [1.807, 2.05) is 0 Å². The second kappa shape index (κ2) is 4.52. The van der Waals surface area contributed by atoms with Gasteiger partial charge < -0.3 is 14.7 Å². The first-order valence-electron chi connectivity index (χ1n) is 6.01. The molecule has 3 rings (SSSR count). The molecule has 0 radical (unpaired) electrons. The van der Waals surface area contributed by atoms with Gasteiger partial charge in [-0.2, -0.15) is 5.26 Å². The number of H-pyrrole nitrogens is 1. The number of fused-ring (bicyclic) bond motifs is 1. The number of carbonyl (C=O) groups is 1. The quantitative estimate of drug-likeness (QED) is 0.842. The zero-order chi connectivity index (χ0) is 13.4. The van der Waals surface area contributed by atoms with Crippen LogP contribution in [0.4, 0.5) is 0 Å². The fourth-order valence-corrected chi connectivity index (χ4v) is 2.20. The summed E-state index contributed by atoms with van der Waals surface area (Å²) in [5.41, 5.74) is 1.75. The molecule has 1 saturated carbocycles. The van der Waals surface area contributed by atoms with E-state index in [0.717, 1.165) is 18.4 Å². The van der Waals surface area contributed by atoms with Crippen molar-refractivity contribution in [1.29, 1.82) is 5.26 Å². The standard InChI is InChI=1S/C13H11N3O2S/c14-6-10(7-1-2-7)15-12(17)8-3-4-9-11(5-8)18-13(19)16-9/h3-5,7,10H,1-2H2,(H,15,17)(H,16,19)/t10-/m1/s1. The van der Waals surface area contributed by atoms with Gasteiger partial charge in [-0.15, -0.1) is 0 Å². The topological polar surface area (TPSA) is 81.8 Å². The van der Waals surface area contributed by atoms with Gasteiger partial charge in [0, 0.05) is 5.56 Å². The number of nitrogens with zero attached hydrogens (tertiary/aromatic N) is 1. The molecule has 0 aliphatic heterocycles. The van der Waals surface area contributed by atoms with Crippen molar-refractivity contribution in [3.05, 3.63) is 28.6 Å². The Balaban J connectivity index is 1.84. The molecule has 1 amide bonds. The van der Waals surface area contributed by atoms with Crippen molar-refractivity contribution in [3.63, 3.8) is 0 Å². The van der Waals surface area contributed by atoms with Gasteiger partial charge in [-0.3, -0.25) is 4.79 Å². The largest absolute Gasteiger partial charge is 0.429 e. The number of oxazole rings is 1. The molecule has 0 saturated heterocycles. The fraction of sp³-hybridized carbons (Fsp3) is 0.308. The van der Waals surface area contributed by atoms with Gasteiger partial charge in [-0.05, 0) is 49.2 Å². The summed E-state index contributed by atoms with van der Waals surface area (Å²) < 4.78 is 5.26. The number of rotatable bonds is 3. The van der Waals surface area contributed by atoms with Gasteiger partial charge in [-0.25, -0.2) is 0 Å². The molecule has 0 bridgehead atoms. The number of carbonyl (C=O) groups excluding carboxylic acids is 1. The lowest BCUT2D eigenvalue weighted by molar-refractivity contribution is 0.0942. The van der Waals surface area contributed by atoms with Crippen LogP contribution >= 0.6 is 12.2 Å². The average Bonchev–Trinajstić information content (AvgIpc) is 3.16. The molecule has 1 aromatic carbocycles. The summed E-state index contributed by atoms with van der Waals surface area (Å²) in [4.78, 5) is 15.2. The second-order valence-electron chi connectivity index (χ2n) is 4.64. The molecular weight excluding hydrogens is 262 g/mol. The Hall–Kier alpha value is -2.13. The van der Waals surface area contributed by atoms with Crippen LogP contribution in [0, 0.1) is 22.1 Å². The minimum atomic E-state index is -0.402. The zero-order valence-corrected chi connectivity index (χ0v) is 10.8. The maximum absolute atomic E-state index is 12.1. The van der Waals surface area contributed by atoms with E-state index in [4.69, 9.17) is 21.9 Å². The molecule has 1 heterocycles. The summed E-state index contributed by atoms with van der Waals surface area (Å²) in [6, 6.07) is 6.77. The lowest BCUT2D eigenvalue weighted by Crippen LogP contribution is -2.35. The molecule has 1 aliphatic rings. The summed E-state index contributed by atoms with van der Waals surface area (Å²) in [6.07, 6.45) is 2.01. The first kappa shape index (κ1) is 11.9. The Labute approximate surface area is 114 Å². The number of aromatic amines is 1. The van der Waals surface area contributed by atoms with Crippen molar-refractivity contribution in [2.45, 2.75) is 18.9 Å². The number of benzene rings is 1. The predicted octanol–water partition coefficient (Wildman–Crippen LogP) is 2.52. The van der Waals surface area contributed by atoms with E-state index in [0.29, 0.717) is 17.1 Å². The van der Waals surface area contributed by atoms with E-state index in [-0.39, 0.29) is 10.7 Å². The normalized spacial score (nSPS) is 15.9. The molecule has 0 unspecified atom stereocenters. The van der Waals surface area contributed by atoms with Crippen LogP contribution in [0.25, 0.3) is 11.1 Å². The smallest absolute Gasteiger partial charge is 0.266 e. The summed E-state index contributed by atoms with van der Waals surface area (Å²) in [5, 5.41) is 11.7. The van der Waals surface area contributed by atoms with Gasteiger partial charge in [0.1, 0.15) is 6.04 Å². The van der Waals surface area contributed by atoms with Crippen molar-refractivity contribution in [2.75, 3.05) is 0 Å². The van der Waals surface area contributed by atoms with E-state index in [2.05, 4.69) is 16.4 Å². The molecule has 19 heavy (non-hydrogen) atoms. The number of aromatic nitrogens is 1. The molecule has 1 fully saturated rings. The van der Waals surface area contributed by atoms with E-state index >= 15 is 0 Å². The third kappa shape index (κ3) is 2.37. The zero-order valence-electron chi connectivity index (χ0n) is 9.97. The molecule has 96 valence electrons. The minimum Gasteiger partial charge on any atom is -0.429 e. The van der Waals surface area contributed by atoms with Crippen LogP contribution in [0.3, 0.4) is 0 Å². The van der Waals surface area contributed by atoms with Crippen LogP contribution in [-0.4, -0.2) is 16.9 Å². The van der Waals surface area contributed by atoms with Crippen molar-refractivity contribution >= 4 is 29.2 Å². The third-order valence-corrected chi connectivity index (χ3v) is 3.39. The molecule has 5 nitrogen and oxygen atoms in total. The highest BCUT2D eigenvalue weighted by molar-refractivity contribution is 7.71. The molecule has 1 atom stereocenters. The van der Waals surface area contributed by atoms with E-state index in [1.165, 1.54) is 0 Å². The maximum Gasteiger partial charge on any atom is 0.266 e. The molecular formula is C13H11N3O2S. The average molecular weight is 273 g/mol. The van der Waals surface area contributed by atoms with Gasteiger partial charge in [0.25, 0.3) is 10.7 Å². The highest BCUT2D eigenvalue weighted by atomic mass is 32.1. The lowest BCUT2D eigenvalue weighted by atomic mass is 10.1. The molecule has 6 heteroatoms.